The third kappa shape index (κ3) is 3.91. The number of halogens is 1. The maximum atomic E-state index is 14.6. The van der Waals surface area contributed by atoms with E-state index < -0.39 is 12.2 Å². The van der Waals surface area contributed by atoms with E-state index in [1.165, 1.54) is 15.8 Å². The second kappa shape index (κ2) is 8.09. The number of aromatic nitrogens is 4. The molecule has 0 saturated carbocycles. The van der Waals surface area contributed by atoms with E-state index in [4.69, 9.17) is 9.47 Å². The highest BCUT2D eigenvalue weighted by Crippen LogP contribution is 2.28. The van der Waals surface area contributed by atoms with E-state index in [-0.39, 0.29) is 5.82 Å². The van der Waals surface area contributed by atoms with Crippen molar-refractivity contribution in [1.29, 1.82) is 0 Å². The lowest BCUT2D eigenvalue weighted by molar-refractivity contribution is 0.122. The van der Waals surface area contributed by atoms with E-state index in [9.17, 15) is 9.18 Å². The number of aryl methyl sites for hydroxylation is 1. The third-order valence-electron chi connectivity index (χ3n) is 4.80. The maximum Gasteiger partial charge on any atom is 0.414 e. The molecular weight excluding hydrogens is 367 g/mol. The van der Waals surface area contributed by atoms with Crippen molar-refractivity contribution in [3.05, 3.63) is 29.8 Å². The summed E-state index contributed by atoms with van der Waals surface area (Å²) in [4.78, 5) is 17.1. The van der Waals surface area contributed by atoms with Crippen molar-refractivity contribution < 1.29 is 18.7 Å². The minimum absolute atomic E-state index is 0.305. The molecule has 28 heavy (non-hydrogen) atoms. The molecule has 2 aliphatic rings. The predicted molar refractivity (Wildman–Crippen MR) is 98.9 cm³/mol. The highest BCUT2D eigenvalue weighted by atomic mass is 19.1. The minimum atomic E-state index is -0.502. The van der Waals surface area contributed by atoms with Gasteiger partial charge in [-0.15, -0.1) is 10.2 Å². The fraction of sp³-hybridized carbons (Fsp3) is 0.556. The van der Waals surface area contributed by atoms with Gasteiger partial charge in [0.1, 0.15) is 18.5 Å². The summed E-state index contributed by atoms with van der Waals surface area (Å²) >= 11 is 0. The summed E-state index contributed by atoms with van der Waals surface area (Å²) in [6.45, 7) is 5.12. The number of cyclic esters (lactones) is 1. The van der Waals surface area contributed by atoms with Crippen LogP contribution in [0.25, 0.3) is 0 Å². The van der Waals surface area contributed by atoms with E-state index in [1.807, 2.05) is 11.8 Å². The summed E-state index contributed by atoms with van der Waals surface area (Å²) in [5.74, 6) is 0.308. The number of carbonyl (C=O) groups is 1. The van der Waals surface area contributed by atoms with Crippen LogP contribution < -0.4 is 9.80 Å². The molecule has 10 heteroatoms. The summed E-state index contributed by atoms with van der Waals surface area (Å²) in [6, 6.07) is 4.82. The molecule has 150 valence electrons. The van der Waals surface area contributed by atoms with Crippen LogP contribution in [-0.4, -0.2) is 65.3 Å². The number of amides is 1. The third-order valence-corrected chi connectivity index (χ3v) is 4.80. The zero-order valence-corrected chi connectivity index (χ0v) is 15.8. The van der Waals surface area contributed by atoms with Crippen LogP contribution >= 0.6 is 0 Å². The minimum Gasteiger partial charge on any atom is -0.442 e. The van der Waals surface area contributed by atoms with Crippen molar-refractivity contribution in [2.45, 2.75) is 32.4 Å². The smallest absolute Gasteiger partial charge is 0.414 e. The molecule has 3 heterocycles. The number of anilines is 2. The van der Waals surface area contributed by atoms with Crippen LogP contribution in [0.5, 0.6) is 0 Å². The first-order chi connectivity index (χ1) is 13.6. The Bertz CT molecular complexity index is 838. The fourth-order valence-electron chi connectivity index (χ4n) is 3.41. The molecule has 1 amide bonds. The van der Waals surface area contributed by atoms with Gasteiger partial charge in [0, 0.05) is 19.5 Å². The molecule has 2 fully saturated rings. The zero-order chi connectivity index (χ0) is 19.5. The van der Waals surface area contributed by atoms with Gasteiger partial charge in [-0.2, -0.15) is 4.80 Å². The molecule has 0 bridgehead atoms. The van der Waals surface area contributed by atoms with Crippen molar-refractivity contribution in [2.75, 3.05) is 42.6 Å². The number of ether oxygens (including phenoxy) is 2. The summed E-state index contributed by atoms with van der Waals surface area (Å²) < 4.78 is 25.3. The van der Waals surface area contributed by atoms with Crippen molar-refractivity contribution in [2.24, 2.45) is 0 Å². The van der Waals surface area contributed by atoms with Crippen molar-refractivity contribution in [3.63, 3.8) is 0 Å². The number of carbonyl (C=O) groups excluding carboxylic acids is 1. The molecule has 0 N–H and O–H groups in total. The molecule has 9 nitrogen and oxygen atoms in total. The summed E-state index contributed by atoms with van der Waals surface area (Å²) in [5, 5.41) is 12.2. The summed E-state index contributed by atoms with van der Waals surface area (Å²) in [7, 11) is 0. The van der Waals surface area contributed by atoms with Crippen molar-refractivity contribution in [3.8, 4) is 0 Å². The molecule has 4 rings (SSSR count). The van der Waals surface area contributed by atoms with E-state index in [2.05, 4.69) is 15.4 Å². The highest BCUT2D eigenvalue weighted by molar-refractivity contribution is 5.90. The molecule has 0 radical (unpaired) electrons. The van der Waals surface area contributed by atoms with Crippen LogP contribution in [0, 0.1) is 5.82 Å². The summed E-state index contributed by atoms with van der Waals surface area (Å²) in [6.07, 6.45) is 0.769. The fourth-order valence-corrected chi connectivity index (χ4v) is 3.41. The van der Waals surface area contributed by atoms with Gasteiger partial charge in [0.25, 0.3) is 0 Å². The molecule has 2 aromatic rings. The first-order valence-electron chi connectivity index (χ1n) is 9.51. The Morgan fingerprint density at radius 1 is 1.29 bits per heavy atom. The SMILES string of the molecule is CCCc1nnn(CC2CN(c3ccc(N4CCOCC4)c(F)c3)C(=O)O2)n1. The lowest BCUT2D eigenvalue weighted by Crippen LogP contribution is -2.36. The Hall–Kier alpha value is -2.75. The van der Waals surface area contributed by atoms with Crippen LogP contribution in [0.3, 0.4) is 0 Å². The van der Waals surface area contributed by atoms with Crippen LogP contribution in [0.15, 0.2) is 18.2 Å². The van der Waals surface area contributed by atoms with Gasteiger partial charge in [0.2, 0.25) is 0 Å². The predicted octanol–water partition coefficient (Wildman–Crippen LogP) is 1.63. The number of benzene rings is 1. The molecule has 0 spiro atoms. The van der Waals surface area contributed by atoms with Gasteiger partial charge >= 0.3 is 6.09 Å². The Labute approximate surface area is 162 Å². The average molecular weight is 390 g/mol. The van der Waals surface area contributed by atoms with Crippen LogP contribution in [0.4, 0.5) is 20.6 Å². The Kier molecular flexibility index (Phi) is 5.38. The van der Waals surface area contributed by atoms with Gasteiger partial charge in [-0.25, -0.2) is 9.18 Å². The Balaban J connectivity index is 1.42. The van der Waals surface area contributed by atoms with Gasteiger partial charge in [-0.05, 0) is 29.8 Å². The monoisotopic (exact) mass is 390 g/mol. The van der Waals surface area contributed by atoms with E-state index in [0.29, 0.717) is 56.6 Å². The first kappa shape index (κ1) is 18.6. The molecule has 1 aromatic carbocycles. The van der Waals surface area contributed by atoms with Gasteiger partial charge in [0.05, 0.1) is 31.1 Å². The molecule has 2 aliphatic heterocycles. The quantitative estimate of drug-likeness (QED) is 0.741. The Morgan fingerprint density at radius 3 is 2.86 bits per heavy atom. The lowest BCUT2D eigenvalue weighted by Gasteiger charge is -2.29. The van der Waals surface area contributed by atoms with E-state index in [1.54, 1.807) is 12.1 Å². The second-order valence-electron chi connectivity index (χ2n) is 6.86. The molecular formula is C18H23FN6O3. The maximum absolute atomic E-state index is 14.6. The average Bonchev–Trinajstić information content (AvgIpc) is 3.29. The van der Waals surface area contributed by atoms with Crippen LogP contribution in [0.1, 0.15) is 19.2 Å². The largest absolute Gasteiger partial charge is 0.442 e. The number of tetrazole rings is 1. The normalized spacial score (nSPS) is 19.9. The number of morpholine rings is 1. The van der Waals surface area contributed by atoms with E-state index in [0.717, 1.165) is 12.8 Å². The van der Waals surface area contributed by atoms with Crippen LogP contribution in [0.2, 0.25) is 0 Å². The van der Waals surface area contributed by atoms with Gasteiger partial charge in [-0.1, -0.05) is 6.92 Å². The number of rotatable bonds is 6. The molecule has 2 saturated heterocycles. The van der Waals surface area contributed by atoms with E-state index >= 15 is 0 Å². The number of hydrogen-bond donors (Lipinski definition) is 0. The topological polar surface area (TPSA) is 85.6 Å². The first-order valence-corrected chi connectivity index (χ1v) is 9.51. The summed E-state index contributed by atoms with van der Waals surface area (Å²) in [5.41, 5.74) is 0.992. The number of hydrogen-bond acceptors (Lipinski definition) is 7. The van der Waals surface area contributed by atoms with Gasteiger partial charge in [0.15, 0.2) is 5.82 Å². The highest BCUT2D eigenvalue weighted by Gasteiger charge is 2.33. The van der Waals surface area contributed by atoms with Crippen LogP contribution in [-0.2, 0) is 22.4 Å². The Morgan fingerprint density at radius 2 is 2.11 bits per heavy atom. The zero-order valence-electron chi connectivity index (χ0n) is 15.8. The van der Waals surface area contributed by atoms with Gasteiger partial charge in [-0.3, -0.25) is 4.90 Å². The standard InChI is InChI=1S/C18H23FN6O3/c1-2-3-17-20-22-25(21-17)12-14-11-24(18(26)28-14)13-4-5-16(15(19)10-13)23-6-8-27-9-7-23/h4-5,10,14H,2-3,6-9,11-12H2,1H3. The molecule has 0 aliphatic carbocycles. The molecule has 1 aromatic heterocycles. The molecule has 1 unspecified atom stereocenters. The van der Waals surface area contributed by atoms with Crippen molar-refractivity contribution >= 4 is 17.5 Å². The van der Waals surface area contributed by atoms with Gasteiger partial charge < -0.3 is 14.4 Å². The second-order valence-corrected chi connectivity index (χ2v) is 6.86. The van der Waals surface area contributed by atoms with Crippen molar-refractivity contribution in [1.82, 2.24) is 20.2 Å². The molecule has 1 atom stereocenters. The lowest BCUT2D eigenvalue weighted by atomic mass is 10.2. The number of nitrogens with zero attached hydrogens (tertiary/aromatic N) is 6.